The zero-order valence-electron chi connectivity index (χ0n) is 15.7. The van der Waals surface area contributed by atoms with Crippen LogP contribution < -0.4 is 4.90 Å². The van der Waals surface area contributed by atoms with E-state index in [4.69, 9.17) is 0 Å². The van der Waals surface area contributed by atoms with Crippen molar-refractivity contribution in [3.63, 3.8) is 0 Å². The summed E-state index contributed by atoms with van der Waals surface area (Å²) in [5.41, 5.74) is 3.36. The first-order valence-electron chi connectivity index (χ1n) is 10.2. The molecule has 28 heavy (non-hydrogen) atoms. The summed E-state index contributed by atoms with van der Waals surface area (Å²) in [7, 11) is 0. The Morgan fingerprint density at radius 1 is 0.964 bits per heavy atom. The number of aromatic nitrogens is 3. The third-order valence-corrected chi connectivity index (χ3v) is 6.46. The average molecular weight is 373 g/mol. The molecule has 3 aromatic rings. The molecule has 2 saturated heterocycles. The van der Waals surface area contributed by atoms with Gasteiger partial charge in [0.2, 0.25) is 5.91 Å². The van der Waals surface area contributed by atoms with E-state index in [2.05, 4.69) is 56.4 Å². The van der Waals surface area contributed by atoms with Crippen molar-refractivity contribution in [2.75, 3.05) is 18.0 Å². The van der Waals surface area contributed by atoms with Gasteiger partial charge in [-0.25, -0.2) is 9.50 Å². The van der Waals surface area contributed by atoms with Gasteiger partial charge in [-0.2, -0.15) is 5.10 Å². The lowest BCUT2D eigenvalue weighted by Crippen LogP contribution is -2.56. The van der Waals surface area contributed by atoms with Crippen molar-refractivity contribution in [2.45, 2.75) is 37.8 Å². The number of hydrogen-bond acceptors (Lipinski definition) is 4. The van der Waals surface area contributed by atoms with E-state index in [0.29, 0.717) is 23.9 Å². The molecule has 2 aliphatic heterocycles. The number of benzene rings is 1. The van der Waals surface area contributed by atoms with Crippen LogP contribution in [0.1, 0.15) is 25.7 Å². The van der Waals surface area contributed by atoms with Crippen LogP contribution in [0.25, 0.3) is 16.6 Å². The van der Waals surface area contributed by atoms with Gasteiger partial charge in [0, 0.05) is 42.9 Å². The number of carbonyl (C=O) groups is 1. The molecule has 0 spiro atoms. The Morgan fingerprint density at radius 3 is 2.43 bits per heavy atom. The molecule has 1 amide bonds. The molecule has 0 radical (unpaired) electrons. The number of carbonyl (C=O) groups excluding carboxylic acids is 1. The van der Waals surface area contributed by atoms with Gasteiger partial charge >= 0.3 is 0 Å². The summed E-state index contributed by atoms with van der Waals surface area (Å²) in [5.74, 6) is 1.68. The zero-order chi connectivity index (χ0) is 18.7. The largest absolute Gasteiger partial charge is 0.351 e. The molecule has 6 nitrogen and oxygen atoms in total. The maximum absolute atomic E-state index is 12.7. The van der Waals surface area contributed by atoms with E-state index in [-0.39, 0.29) is 0 Å². The lowest BCUT2D eigenvalue weighted by Gasteiger charge is -2.41. The fourth-order valence-corrected chi connectivity index (χ4v) is 4.93. The standard InChI is InChI=1S/C22H23N5O/c28-22(16-6-7-16)27-18-8-9-19(27)13-25(12-18)21-20-10-17(11-26(20)24-14-23-21)15-4-2-1-3-5-15/h1-5,10-11,14,16,18-19H,6-9,12-13H2. The Kier molecular flexibility index (Phi) is 3.48. The third-order valence-electron chi connectivity index (χ3n) is 6.46. The minimum absolute atomic E-state index is 0.305. The third kappa shape index (κ3) is 2.51. The lowest BCUT2D eigenvalue weighted by molar-refractivity contribution is -0.135. The Hall–Kier alpha value is -2.89. The van der Waals surface area contributed by atoms with E-state index < -0.39 is 0 Å². The predicted molar refractivity (Wildman–Crippen MR) is 107 cm³/mol. The highest BCUT2D eigenvalue weighted by Crippen LogP contribution is 2.39. The lowest BCUT2D eigenvalue weighted by atomic mass is 10.1. The maximum Gasteiger partial charge on any atom is 0.226 e. The van der Waals surface area contributed by atoms with Gasteiger partial charge in [-0.3, -0.25) is 4.79 Å². The molecule has 6 heteroatoms. The van der Waals surface area contributed by atoms with E-state index >= 15 is 0 Å². The molecule has 1 saturated carbocycles. The summed E-state index contributed by atoms with van der Waals surface area (Å²) in [6, 6.07) is 13.2. The monoisotopic (exact) mass is 373 g/mol. The first-order chi connectivity index (χ1) is 13.8. The smallest absolute Gasteiger partial charge is 0.226 e. The van der Waals surface area contributed by atoms with Crippen LogP contribution in [0.15, 0.2) is 48.9 Å². The molecule has 1 aliphatic carbocycles. The average Bonchev–Trinajstić information content (AvgIpc) is 3.43. The van der Waals surface area contributed by atoms with Crippen molar-refractivity contribution in [2.24, 2.45) is 5.92 Å². The highest BCUT2D eigenvalue weighted by Gasteiger charge is 2.46. The van der Waals surface area contributed by atoms with Crippen LogP contribution >= 0.6 is 0 Å². The minimum atomic E-state index is 0.305. The second-order valence-corrected chi connectivity index (χ2v) is 8.32. The number of nitrogens with zero attached hydrogens (tertiary/aromatic N) is 5. The molecule has 2 aromatic heterocycles. The van der Waals surface area contributed by atoms with Gasteiger partial charge in [0.25, 0.3) is 0 Å². The summed E-state index contributed by atoms with van der Waals surface area (Å²) in [6.45, 7) is 1.74. The maximum atomic E-state index is 12.7. The van der Waals surface area contributed by atoms with Gasteiger partial charge in [0.05, 0.1) is 0 Å². The summed E-state index contributed by atoms with van der Waals surface area (Å²) < 4.78 is 1.92. The molecule has 2 bridgehead atoms. The molecule has 2 atom stereocenters. The van der Waals surface area contributed by atoms with E-state index in [1.165, 1.54) is 5.56 Å². The van der Waals surface area contributed by atoms with Gasteiger partial charge in [0.1, 0.15) is 11.8 Å². The van der Waals surface area contributed by atoms with Crippen molar-refractivity contribution < 1.29 is 4.79 Å². The molecule has 142 valence electrons. The normalized spacial score (nSPS) is 24.1. The fraction of sp³-hybridized carbons (Fsp3) is 0.409. The highest BCUT2D eigenvalue weighted by atomic mass is 16.2. The van der Waals surface area contributed by atoms with Crippen LogP contribution in [0.5, 0.6) is 0 Å². The summed E-state index contributed by atoms with van der Waals surface area (Å²) >= 11 is 0. The van der Waals surface area contributed by atoms with Crippen LogP contribution in [0, 0.1) is 5.92 Å². The van der Waals surface area contributed by atoms with Crippen LogP contribution in [-0.2, 0) is 4.79 Å². The molecular weight excluding hydrogens is 350 g/mol. The quantitative estimate of drug-likeness (QED) is 0.708. The molecule has 2 unspecified atom stereocenters. The number of fused-ring (bicyclic) bond motifs is 3. The van der Waals surface area contributed by atoms with Crippen LogP contribution in [-0.4, -0.2) is 50.6 Å². The molecule has 4 heterocycles. The summed E-state index contributed by atoms with van der Waals surface area (Å²) in [4.78, 5) is 21.9. The molecule has 3 aliphatic rings. The van der Waals surface area contributed by atoms with Crippen LogP contribution in [0.2, 0.25) is 0 Å². The second kappa shape index (κ2) is 6.06. The van der Waals surface area contributed by atoms with Crippen LogP contribution in [0.4, 0.5) is 5.82 Å². The zero-order valence-corrected chi connectivity index (χ0v) is 15.7. The van der Waals surface area contributed by atoms with E-state index in [1.54, 1.807) is 6.33 Å². The van der Waals surface area contributed by atoms with Gasteiger partial charge in [-0.05, 0) is 37.3 Å². The topological polar surface area (TPSA) is 53.7 Å². The molecular formula is C22H23N5O. The van der Waals surface area contributed by atoms with E-state index in [1.807, 2.05) is 10.6 Å². The van der Waals surface area contributed by atoms with E-state index in [9.17, 15) is 4.79 Å². The summed E-state index contributed by atoms with van der Waals surface area (Å²) in [5, 5.41) is 4.43. The highest BCUT2D eigenvalue weighted by molar-refractivity contribution is 5.83. The molecule has 6 rings (SSSR count). The Morgan fingerprint density at radius 2 is 1.71 bits per heavy atom. The Balaban J connectivity index is 1.33. The van der Waals surface area contributed by atoms with Gasteiger partial charge in [-0.1, -0.05) is 30.3 Å². The minimum Gasteiger partial charge on any atom is -0.351 e. The van der Waals surface area contributed by atoms with E-state index in [0.717, 1.165) is 55.7 Å². The Labute approximate surface area is 163 Å². The predicted octanol–water partition coefficient (Wildman–Crippen LogP) is 2.99. The van der Waals surface area contributed by atoms with Gasteiger partial charge < -0.3 is 9.80 Å². The van der Waals surface area contributed by atoms with Crippen LogP contribution in [0.3, 0.4) is 0 Å². The number of hydrogen-bond donors (Lipinski definition) is 0. The van der Waals surface area contributed by atoms with Gasteiger partial charge in [0.15, 0.2) is 5.82 Å². The first-order valence-corrected chi connectivity index (χ1v) is 10.2. The van der Waals surface area contributed by atoms with Gasteiger partial charge in [-0.15, -0.1) is 0 Å². The van der Waals surface area contributed by atoms with Crippen molar-refractivity contribution in [3.8, 4) is 11.1 Å². The fourth-order valence-electron chi connectivity index (χ4n) is 4.93. The van der Waals surface area contributed by atoms with Crippen molar-refractivity contribution >= 4 is 17.2 Å². The molecule has 1 aromatic carbocycles. The molecule has 3 fully saturated rings. The SMILES string of the molecule is O=C(C1CC1)N1C2CCC1CN(c1ncnn3cc(-c4ccccc4)cc13)C2. The summed E-state index contributed by atoms with van der Waals surface area (Å²) in [6.07, 6.45) is 8.08. The Bertz CT molecular complexity index is 1030. The second-order valence-electron chi connectivity index (χ2n) is 8.32. The number of anilines is 1. The number of amides is 1. The number of rotatable bonds is 3. The first kappa shape index (κ1) is 16.1. The van der Waals surface area contributed by atoms with Crippen molar-refractivity contribution in [1.82, 2.24) is 19.5 Å². The number of piperazine rings is 1. The molecule has 0 N–H and O–H groups in total. The van der Waals surface area contributed by atoms with Crippen molar-refractivity contribution in [1.29, 1.82) is 0 Å². The van der Waals surface area contributed by atoms with Crippen molar-refractivity contribution in [3.05, 3.63) is 48.9 Å².